The number of carbonyl (C=O) groups excluding carboxylic acids is 3. The molecule has 0 aromatic carbocycles. The molecule has 4 atom stereocenters. The third kappa shape index (κ3) is 5.66. The largest absolute Gasteiger partial charge is 0.366 e. The van der Waals surface area contributed by atoms with Crippen LogP contribution in [0.4, 0.5) is 0 Å². The summed E-state index contributed by atoms with van der Waals surface area (Å²) < 4.78 is 0. The second-order valence-electron chi connectivity index (χ2n) is 9.83. The van der Waals surface area contributed by atoms with E-state index in [0.29, 0.717) is 43.3 Å². The van der Waals surface area contributed by atoms with Crippen LogP contribution in [0.15, 0.2) is 11.6 Å². The lowest BCUT2D eigenvalue weighted by Gasteiger charge is -2.43. The predicted molar refractivity (Wildman–Crippen MR) is 126 cm³/mol. The lowest BCUT2D eigenvalue weighted by Crippen LogP contribution is -2.60. The average molecular weight is 480 g/mol. The van der Waals surface area contributed by atoms with E-state index in [1.807, 2.05) is 11.1 Å². The molecule has 4 rings (SSSR count). The van der Waals surface area contributed by atoms with E-state index in [-0.39, 0.29) is 29.9 Å². The van der Waals surface area contributed by atoms with Crippen molar-refractivity contribution in [1.29, 1.82) is 0 Å². The molecule has 2 N–H and O–H groups in total. The molecule has 2 saturated heterocycles. The SMILES string of the molecule is C[C@@H]1CN(C2NC=CS2)CCN1C(=O)[C@@H]1CCCN1C(=O)[C@H](CC1CCCC1)CN(O)C=O. The Labute approximate surface area is 200 Å². The maximum absolute atomic E-state index is 13.6. The van der Waals surface area contributed by atoms with Crippen LogP contribution in [0.2, 0.25) is 0 Å². The molecule has 3 aliphatic heterocycles. The minimum Gasteiger partial charge on any atom is -0.366 e. The molecule has 184 valence electrons. The Kier molecular flexibility index (Phi) is 8.19. The van der Waals surface area contributed by atoms with Crippen LogP contribution in [0.3, 0.4) is 0 Å². The highest BCUT2D eigenvalue weighted by atomic mass is 32.2. The van der Waals surface area contributed by atoms with E-state index in [2.05, 4.69) is 22.5 Å². The number of hydrogen-bond acceptors (Lipinski definition) is 7. The van der Waals surface area contributed by atoms with E-state index in [0.717, 1.165) is 32.4 Å². The van der Waals surface area contributed by atoms with E-state index in [9.17, 15) is 19.6 Å². The summed E-state index contributed by atoms with van der Waals surface area (Å²) >= 11 is 1.74. The van der Waals surface area contributed by atoms with Crippen LogP contribution in [0.1, 0.15) is 51.9 Å². The van der Waals surface area contributed by atoms with Gasteiger partial charge in [0.25, 0.3) is 0 Å². The molecular formula is C23H37N5O4S. The van der Waals surface area contributed by atoms with Crippen molar-refractivity contribution in [2.24, 2.45) is 11.8 Å². The fourth-order valence-corrected chi connectivity index (χ4v) is 6.70. The fourth-order valence-electron chi connectivity index (χ4n) is 5.88. The molecule has 3 amide bonds. The Morgan fingerprint density at radius 1 is 1.18 bits per heavy atom. The molecule has 3 fully saturated rings. The van der Waals surface area contributed by atoms with Gasteiger partial charge in [-0.05, 0) is 37.5 Å². The normalized spacial score (nSPS) is 29.3. The lowest BCUT2D eigenvalue weighted by atomic mass is 9.91. The molecule has 9 nitrogen and oxygen atoms in total. The Morgan fingerprint density at radius 2 is 1.97 bits per heavy atom. The van der Waals surface area contributed by atoms with Gasteiger partial charge in [0.1, 0.15) is 11.5 Å². The van der Waals surface area contributed by atoms with Crippen LogP contribution < -0.4 is 5.32 Å². The van der Waals surface area contributed by atoms with Gasteiger partial charge in [-0.3, -0.25) is 24.5 Å². The van der Waals surface area contributed by atoms with Crippen molar-refractivity contribution in [1.82, 2.24) is 25.1 Å². The minimum absolute atomic E-state index is 0.00852. The van der Waals surface area contributed by atoms with Crippen molar-refractivity contribution in [3.05, 3.63) is 11.6 Å². The highest BCUT2D eigenvalue weighted by molar-refractivity contribution is 8.02. The van der Waals surface area contributed by atoms with Crippen LogP contribution >= 0.6 is 11.8 Å². The van der Waals surface area contributed by atoms with E-state index in [1.165, 1.54) is 12.8 Å². The first-order valence-electron chi connectivity index (χ1n) is 12.3. The summed E-state index contributed by atoms with van der Waals surface area (Å²) in [6.45, 7) is 4.87. The molecule has 4 aliphatic rings. The summed E-state index contributed by atoms with van der Waals surface area (Å²) in [4.78, 5) is 44.2. The minimum atomic E-state index is -0.469. The lowest BCUT2D eigenvalue weighted by molar-refractivity contribution is -0.159. The van der Waals surface area contributed by atoms with Gasteiger partial charge in [-0.25, -0.2) is 5.06 Å². The van der Waals surface area contributed by atoms with Gasteiger partial charge < -0.3 is 15.1 Å². The smallest absolute Gasteiger partial charge is 0.245 e. The number of amides is 3. The summed E-state index contributed by atoms with van der Waals surface area (Å²) in [5.74, 6) is -0.0825. The summed E-state index contributed by atoms with van der Waals surface area (Å²) in [6.07, 6.45) is 8.97. The molecule has 33 heavy (non-hydrogen) atoms. The number of hydroxylamine groups is 2. The van der Waals surface area contributed by atoms with Crippen molar-refractivity contribution in [2.45, 2.75) is 69.5 Å². The number of nitrogens with zero attached hydrogens (tertiary/aromatic N) is 4. The molecule has 1 unspecified atom stereocenters. The van der Waals surface area contributed by atoms with E-state index >= 15 is 0 Å². The Hall–Kier alpha value is -1.78. The van der Waals surface area contributed by atoms with Gasteiger partial charge in [0.15, 0.2) is 0 Å². The summed E-state index contributed by atoms with van der Waals surface area (Å²) in [5, 5.41) is 15.8. The Morgan fingerprint density at radius 3 is 2.64 bits per heavy atom. The molecular weight excluding hydrogens is 442 g/mol. The van der Waals surface area contributed by atoms with Crippen LogP contribution in [-0.2, 0) is 14.4 Å². The maximum Gasteiger partial charge on any atom is 0.245 e. The number of piperazine rings is 1. The Balaban J connectivity index is 1.40. The van der Waals surface area contributed by atoms with Gasteiger partial charge in [-0.1, -0.05) is 37.4 Å². The first kappa shape index (κ1) is 24.3. The van der Waals surface area contributed by atoms with Gasteiger partial charge in [0, 0.05) is 38.4 Å². The van der Waals surface area contributed by atoms with Crippen molar-refractivity contribution in [2.75, 3.05) is 32.7 Å². The van der Waals surface area contributed by atoms with Gasteiger partial charge in [-0.15, -0.1) is 0 Å². The van der Waals surface area contributed by atoms with Crippen LogP contribution in [0.25, 0.3) is 0 Å². The number of thioether (sulfide) groups is 1. The summed E-state index contributed by atoms with van der Waals surface area (Å²) in [7, 11) is 0. The topological polar surface area (TPSA) is 96.4 Å². The second kappa shape index (κ2) is 11.1. The third-order valence-electron chi connectivity index (χ3n) is 7.58. The highest BCUT2D eigenvalue weighted by Crippen LogP contribution is 2.33. The van der Waals surface area contributed by atoms with Gasteiger partial charge in [-0.2, -0.15) is 0 Å². The van der Waals surface area contributed by atoms with Crippen LogP contribution in [0, 0.1) is 11.8 Å². The zero-order chi connectivity index (χ0) is 23.4. The number of rotatable bonds is 8. The molecule has 10 heteroatoms. The zero-order valence-electron chi connectivity index (χ0n) is 19.5. The van der Waals surface area contributed by atoms with E-state index in [4.69, 9.17) is 0 Å². The number of nitrogens with one attached hydrogen (secondary N) is 1. The summed E-state index contributed by atoms with van der Waals surface area (Å²) in [6, 6.07) is -0.370. The van der Waals surface area contributed by atoms with Gasteiger partial charge in [0.2, 0.25) is 18.2 Å². The molecule has 0 radical (unpaired) electrons. The summed E-state index contributed by atoms with van der Waals surface area (Å²) in [5.41, 5.74) is 0.227. The van der Waals surface area contributed by atoms with Crippen molar-refractivity contribution >= 4 is 30.0 Å². The van der Waals surface area contributed by atoms with Gasteiger partial charge in [0.05, 0.1) is 12.5 Å². The molecule has 0 aromatic rings. The van der Waals surface area contributed by atoms with Gasteiger partial charge >= 0.3 is 0 Å². The first-order valence-corrected chi connectivity index (χ1v) is 13.2. The van der Waals surface area contributed by atoms with Crippen molar-refractivity contribution < 1.29 is 19.6 Å². The molecule has 0 bridgehead atoms. The maximum atomic E-state index is 13.6. The molecule has 1 saturated carbocycles. The monoisotopic (exact) mass is 479 g/mol. The van der Waals surface area contributed by atoms with E-state index in [1.54, 1.807) is 16.7 Å². The first-order chi connectivity index (χ1) is 16.0. The van der Waals surface area contributed by atoms with Crippen LogP contribution in [0.5, 0.6) is 0 Å². The van der Waals surface area contributed by atoms with Crippen molar-refractivity contribution in [3.8, 4) is 0 Å². The third-order valence-corrected chi connectivity index (χ3v) is 8.57. The molecule has 0 spiro atoms. The zero-order valence-corrected chi connectivity index (χ0v) is 20.3. The number of carbonyl (C=O) groups is 3. The quantitative estimate of drug-likeness (QED) is 0.310. The van der Waals surface area contributed by atoms with E-state index < -0.39 is 12.0 Å². The average Bonchev–Trinajstić information content (AvgIpc) is 3.60. The van der Waals surface area contributed by atoms with Crippen LogP contribution in [-0.4, -0.2) is 93.5 Å². The Bertz CT molecular complexity index is 738. The van der Waals surface area contributed by atoms with Crippen molar-refractivity contribution in [3.63, 3.8) is 0 Å². The second-order valence-corrected chi connectivity index (χ2v) is 10.8. The standard InChI is InChI=1S/C23H37N5O4S/c1-17-14-25(23-24-8-12-33-23)10-11-27(17)22(31)20-7-4-9-28(20)21(30)19(15-26(32)16-29)13-18-5-2-3-6-18/h8,12,16-20,23-24,32H,2-7,9-11,13-15H2,1H3/t17-,19-,20+,23?/m1/s1. The number of likely N-dealkylation sites (tertiary alicyclic amines) is 1. The molecule has 3 heterocycles. The number of hydrogen-bond donors (Lipinski definition) is 2. The highest BCUT2D eigenvalue weighted by Gasteiger charge is 2.42. The molecule has 1 aliphatic carbocycles. The predicted octanol–water partition coefficient (Wildman–Crippen LogP) is 1.65. The fraction of sp³-hybridized carbons (Fsp3) is 0.783. The molecule has 0 aromatic heterocycles.